The van der Waals surface area contributed by atoms with Crippen LogP contribution in [0.4, 0.5) is 0 Å². The molecule has 1 fully saturated rings. The van der Waals surface area contributed by atoms with Crippen molar-refractivity contribution in [3.8, 4) is 23.0 Å². The van der Waals surface area contributed by atoms with Gasteiger partial charge < -0.3 is 28.7 Å². The van der Waals surface area contributed by atoms with E-state index in [0.717, 1.165) is 23.3 Å². The summed E-state index contributed by atoms with van der Waals surface area (Å²) in [5.74, 6) is 2.56. The van der Waals surface area contributed by atoms with Crippen LogP contribution in [0.1, 0.15) is 18.1 Å². The zero-order valence-corrected chi connectivity index (χ0v) is 19.4. The monoisotopic (exact) mass is 464 g/mol. The van der Waals surface area contributed by atoms with Crippen LogP contribution in [0.5, 0.6) is 23.0 Å². The summed E-state index contributed by atoms with van der Waals surface area (Å²) in [6.45, 7) is 4.04. The average molecular weight is 465 g/mol. The summed E-state index contributed by atoms with van der Waals surface area (Å²) in [4.78, 5) is 29.2. The van der Waals surface area contributed by atoms with Gasteiger partial charge in [0.25, 0.3) is 5.91 Å². The largest absolute Gasteiger partial charge is 0.496 e. The highest BCUT2D eigenvalue weighted by Gasteiger charge is 2.33. The smallest absolute Gasteiger partial charge is 0.267 e. The SMILES string of the molecule is COc1cc2c(cc1/C=C/C(=O)N1CCN(C(=O)C3COc4ccccc4O3)CC1)OC(C)C2. The number of carbonyl (C=O) groups excluding carboxylic acids is 2. The third-order valence-electron chi connectivity index (χ3n) is 6.34. The lowest BCUT2D eigenvalue weighted by Crippen LogP contribution is -2.54. The first-order chi connectivity index (χ1) is 16.5. The summed E-state index contributed by atoms with van der Waals surface area (Å²) in [5.41, 5.74) is 1.91. The summed E-state index contributed by atoms with van der Waals surface area (Å²) >= 11 is 0. The van der Waals surface area contributed by atoms with Crippen molar-refractivity contribution in [1.29, 1.82) is 0 Å². The van der Waals surface area contributed by atoms with Gasteiger partial charge in [0.2, 0.25) is 12.0 Å². The van der Waals surface area contributed by atoms with Gasteiger partial charge in [0.1, 0.15) is 24.2 Å². The van der Waals surface area contributed by atoms with Crippen LogP contribution in [-0.2, 0) is 16.0 Å². The summed E-state index contributed by atoms with van der Waals surface area (Å²) in [7, 11) is 1.62. The van der Waals surface area contributed by atoms with Crippen LogP contribution >= 0.6 is 0 Å². The van der Waals surface area contributed by atoms with E-state index < -0.39 is 6.10 Å². The van der Waals surface area contributed by atoms with Crippen molar-refractivity contribution in [3.05, 3.63) is 53.6 Å². The molecule has 178 valence electrons. The number of piperazine rings is 1. The summed E-state index contributed by atoms with van der Waals surface area (Å²) in [6.07, 6.45) is 3.63. The Morgan fingerprint density at radius 2 is 1.74 bits per heavy atom. The molecule has 34 heavy (non-hydrogen) atoms. The lowest BCUT2D eigenvalue weighted by molar-refractivity contribution is -0.145. The van der Waals surface area contributed by atoms with Gasteiger partial charge in [0.05, 0.1) is 7.11 Å². The predicted molar refractivity (Wildman–Crippen MR) is 125 cm³/mol. The van der Waals surface area contributed by atoms with E-state index >= 15 is 0 Å². The number of amides is 2. The first kappa shape index (κ1) is 22.1. The van der Waals surface area contributed by atoms with E-state index in [0.29, 0.717) is 43.4 Å². The average Bonchev–Trinajstić information content (AvgIpc) is 3.24. The van der Waals surface area contributed by atoms with Gasteiger partial charge in [-0.25, -0.2) is 0 Å². The second kappa shape index (κ2) is 9.29. The van der Waals surface area contributed by atoms with Crippen molar-refractivity contribution in [1.82, 2.24) is 9.80 Å². The van der Waals surface area contributed by atoms with E-state index in [4.69, 9.17) is 18.9 Å². The first-order valence-electron chi connectivity index (χ1n) is 11.5. The van der Waals surface area contributed by atoms with Crippen LogP contribution in [0.15, 0.2) is 42.5 Å². The summed E-state index contributed by atoms with van der Waals surface area (Å²) in [5, 5.41) is 0. The molecule has 8 nitrogen and oxygen atoms in total. The molecule has 0 saturated carbocycles. The van der Waals surface area contributed by atoms with Crippen molar-refractivity contribution < 1.29 is 28.5 Å². The predicted octanol–water partition coefficient (Wildman–Crippen LogP) is 2.54. The topological polar surface area (TPSA) is 77.5 Å². The van der Waals surface area contributed by atoms with Crippen molar-refractivity contribution in [2.75, 3.05) is 39.9 Å². The highest BCUT2D eigenvalue weighted by molar-refractivity contribution is 5.92. The lowest BCUT2D eigenvalue weighted by Gasteiger charge is -2.36. The molecular weight excluding hydrogens is 436 g/mol. The molecule has 3 aliphatic heterocycles. The van der Waals surface area contributed by atoms with Crippen LogP contribution < -0.4 is 18.9 Å². The minimum atomic E-state index is -0.672. The van der Waals surface area contributed by atoms with Crippen molar-refractivity contribution >= 4 is 17.9 Å². The van der Waals surface area contributed by atoms with E-state index in [-0.39, 0.29) is 24.5 Å². The first-order valence-corrected chi connectivity index (χ1v) is 11.5. The molecule has 2 amide bonds. The van der Waals surface area contributed by atoms with Gasteiger partial charge in [0, 0.05) is 49.8 Å². The molecule has 5 rings (SSSR count). The van der Waals surface area contributed by atoms with Gasteiger partial charge in [-0.2, -0.15) is 0 Å². The number of nitrogens with zero attached hydrogens (tertiary/aromatic N) is 2. The van der Waals surface area contributed by atoms with E-state index in [2.05, 4.69) is 0 Å². The van der Waals surface area contributed by atoms with Gasteiger partial charge in [-0.3, -0.25) is 9.59 Å². The van der Waals surface area contributed by atoms with Crippen molar-refractivity contribution in [2.45, 2.75) is 25.6 Å². The number of rotatable bonds is 4. The third kappa shape index (κ3) is 4.40. The molecule has 2 aromatic carbocycles. The molecule has 0 spiro atoms. The van der Waals surface area contributed by atoms with Gasteiger partial charge in [-0.05, 0) is 37.3 Å². The fourth-order valence-electron chi connectivity index (χ4n) is 4.52. The number of ether oxygens (including phenoxy) is 4. The fourth-order valence-corrected chi connectivity index (χ4v) is 4.52. The number of benzene rings is 2. The van der Waals surface area contributed by atoms with Crippen LogP contribution in [0.3, 0.4) is 0 Å². The minimum Gasteiger partial charge on any atom is -0.496 e. The summed E-state index contributed by atoms with van der Waals surface area (Å²) in [6, 6.07) is 11.2. The number of para-hydroxylation sites is 2. The van der Waals surface area contributed by atoms with Crippen LogP contribution in [0, 0.1) is 0 Å². The Hall–Kier alpha value is -3.68. The normalized spacial score (nSPS) is 21.2. The van der Waals surface area contributed by atoms with E-state index in [1.54, 1.807) is 35.1 Å². The third-order valence-corrected chi connectivity index (χ3v) is 6.34. The second-order valence-electron chi connectivity index (χ2n) is 8.68. The maximum Gasteiger partial charge on any atom is 0.267 e. The van der Waals surface area contributed by atoms with Gasteiger partial charge in [-0.1, -0.05) is 12.1 Å². The standard InChI is InChI=1S/C26H28N2O6/c1-17-13-19-15-22(31-2)18(14-23(19)33-17)7-8-25(29)27-9-11-28(12-10-27)26(30)24-16-32-20-5-3-4-6-21(20)34-24/h3-8,14-15,17,24H,9-13,16H2,1-2H3/b8-7+. The number of hydrogen-bond acceptors (Lipinski definition) is 6. The molecule has 1 saturated heterocycles. The van der Waals surface area contributed by atoms with Gasteiger partial charge in [0.15, 0.2) is 11.5 Å². The van der Waals surface area contributed by atoms with E-state index in [1.165, 1.54) is 0 Å². The maximum atomic E-state index is 12.9. The second-order valence-corrected chi connectivity index (χ2v) is 8.68. The molecule has 0 bridgehead atoms. The Labute approximate surface area is 198 Å². The molecular formula is C26H28N2O6. The Morgan fingerprint density at radius 1 is 1.00 bits per heavy atom. The minimum absolute atomic E-state index is 0.102. The Bertz CT molecular complexity index is 1120. The molecule has 3 aliphatic rings. The molecule has 3 heterocycles. The molecule has 0 radical (unpaired) electrons. The summed E-state index contributed by atoms with van der Waals surface area (Å²) < 4.78 is 22.8. The van der Waals surface area contributed by atoms with Crippen LogP contribution in [0.25, 0.3) is 6.08 Å². The molecule has 0 N–H and O–H groups in total. The molecule has 8 heteroatoms. The zero-order chi connectivity index (χ0) is 23.7. The van der Waals surface area contributed by atoms with Crippen molar-refractivity contribution in [2.24, 2.45) is 0 Å². The van der Waals surface area contributed by atoms with E-state index in [1.807, 2.05) is 37.3 Å². The lowest BCUT2D eigenvalue weighted by atomic mass is 10.1. The highest BCUT2D eigenvalue weighted by atomic mass is 16.6. The number of hydrogen-bond donors (Lipinski definition) is 0. The zero-order valence-electron chi connectivity index (χ0n) is 19.4. The van der Waals surface area contributed by atoms with Crippen LogP contribution in [-0.4, -0.2) is 73.7 Å². The Balaban J connectivity index is 1.17. The molecule has 0 aromatic heterocycles. The van der Waals surface area contributed by atoms with E-state index in [9.17, 15) is 9.59 Å². The molecule has 0 aliphatic carbocycles. The van der Waals surface area contributed by atoms with Crippen molar-refractivity contribution in [3.63, 3.8) is 0 Å². The Kier molecular flexibility index (Phi) is 6.04. The fraction of sp³-hybridized carbons (Fsp3) is 0.385. The molecule has 2 atom stereocenters. The number of fused-ring (bicyclic) bond motifs is 2. The number of methoxy groups -OCH3 is 1. The maximum absolute atomic E-state index is 12.9. The quantitative estimate of drug-likeness (QED) is 0.648. The van der Waals surface area contributed by atoms with Gasteiger partial charge in [-0.15, -0.1) is 0 Å². The number of carbonyl (C=O) groups is 2. The highest BCUT2D eigenvalue weighted by Crippen LogP contribution is 2.35. The Morgan fingerprint density at radius 3 is 2.50 bits per heavy atom. The molecule has 2 aromatic rings. The molecule has 2 unspecified atom stereocenters. The van der Waals surface area contributed by atoms with Crippen LogP contribution in [0.2, 0.25) is 0 Å². The van der Waals surface area contributed by atoms with Gasteiger partial charge >= 0.3 is 0 Å².